The van der Waals surface area contributed by atoms with Crippen LogP contribution < -0.4 is 0 Å². The maximum Gasteiger partial charge on any atom is 0.321 e. The van der Waals surface area contributed by atoms with Crippen LogP contribution in [0, 0.1) is 5.92 Å². The van der Waals surface area contributed by atoms with E-state index in [4.69, 9.17) is 5.11 Å². The van der Waals surface area contributed by atoms with Crippen LogP contribution in [0.25, 0.3) is 0 Å². The monoisotopic (exact) mass is 248 g/mol. The van der Waals surface area contributed by atoms with Crippen LogP contribution in [0.3, 0.4) is 0 Å². The Hall–Kier alpha value is -0.580. The van der Waals surface area contributed by atoms with Crippen LogP contribution in [0.15, 0.2) is 0 Å². The average molecular weight is 248 g/mol. The van der Waals surface area contributed by atoms with Gasteiger partial charge >= 0.3 is 5.97 Å². The first kappa shape index (κ1) is 13.5. The summed E-state index contributed by atoms with van der Waals surface area (Å²) >= 11 is 0. The molecule has 3 unspecified atom stereocenters. The summed E-state index contributed by atoms with van der Waals surface area (Å²) in [6.45, 7) is 3.64. The summed E-state index contributed by atoms with van der Waals surface area (Å²) in [6, 6.07) is 0. The van der Waals surface area contributed by atoms with E-state index < -0.39 is 26.3 Å². The first-order chi connectivity index (χ1) is 7.39. The third kappa shape index (κ3) is 2.75. The van der Waals surface area contributed by atoms with E-state index >= 15 is 0 Å². The summed E-state index contributed by atoms with van der Waals surface area (Å²) in [7, 11) is -3.51. The number of hydrogen-bond donors (Lipinski definition) is 1. The number of carbonyl (C=O) groups is 1. The van der Waals surface area contributed by atoms with Gasteiger partial charge in [-0.1, -0.05) is 26.7 Å². The Morgan fingerprint density at radius 3 is 2.50 bits per heavy atom. The Labute approximate surface area is 97.0 Å². The zero-order valence-electron chi connectivity index (χ0n) is 9.85. The van der Waals surface area contributed by atoms with Crippen LogP contribution in [0.4, 0.5) is 0 Å². The second-order valence-corrected chi connectivity index (χ2v) is 7.13. The number of aliphatic carboxylic acids is 1. The number of carboxylic acids is 1. The zero-order valence-corrected chi connectivity index (χ0v) is 10.7. The largest absolute Gasteiger partial charge is 0.480 e. The molecule has 1 rings (SSSR count). The van der Waals surface area contributed by atoms with E-state index in [9.17, 15) is 13.2 Å². The van der Waals surface area contributed by atoms with Gasteiger partial charge in [0, 0.05) is 0 Å². The number of hydrogen-bond acceptors (Lipinski definition) is 3. The maximum absolute atomic E-state index is 12.1. The van der Waals surface area contributed by atoms with E-state index in [2.05, 4.69) is 0 Å². The van der Waals surface area contributed by atoms with Crippen LogP contribution in [0.2, 0.25) is 0 Å². The molecule has 1 saturated carbocycles. The Balaban J connectivity index is 2.87. The van der Waals surface area contributed by atoms with Crippen molar-refractivity contribution in [3.05, 3.63) is 0 Å². The fourth-order valence-corrected chi connectivity index (χ4v) is 4.76. The van der Waals surface area contributed by atoms with Crippen molar-refractivity contribution in [2.45, 2.75) is 56.5 Å². The lowest BCUT2D eigenvalue weighted by molar-refractivity contribution is -0.136. The molecule has 1 N–H and O–H groups in total. The molecule has 5 heteroatoms. The van der Waals surface area contributed by atoms with Crippen molar-refractivity contribution in [1.82, 2.24) is 0 Å². The molecule has 1 aliphatic rings. The molecule has 1 fully saturated rings. The summed E-state index contributed by atoms with van der Waals surface area (Å²) in [5, 5.41) is 7.26. The summed E-state index contributed by atoms with van der Waals surface area (Å²) in [5.41, 5.74) is 0. The molecule has 0 amide bonds. The van der Waals surface area contributed by atoms with E-state index in [1.54, 1.807) is 6.92 Å². The standard InChI is InChI=1S/C11H20O4S/c1-3-10(11(12)13)16(14,15)9-6-4-5-8(2)7-9/h8-10H,3-7H2,1-2H3,(H,12,13). The molecule has 0 aromatic heterocycles. The van der Waals surface area contributed by atoms with Gasteiger partial charge in [0.15, 0.2) is 15.1 Å². The number of sulfone groups is 1. The highest BCUT2D eigenvalue weighted by Crippen LogP contribution is 2.30. The minimum Gasteiger partial charge on any atom is -0.480 e. The molecular formula is C11H20O4S. The van der Waals surface area contributed by atoms with E-state index in [0.717, 1.165) is 12.8 Å². The van der Waals surface area contributed by atoms with Gasteiger partial charge in [-0.2, -0.15) is 0 Å². The SMILES string of the molecule is CCC(C(=O)O)S(=O)(=O)C1CCCC(C)C1. The van der Waals surface area contributed by atoms with Crippen LogP contribution in [-0.4, -0.2) is 30.0 Å². The molecule has 0 aromatic rings. The van der Waals surface area contributed by atoms with Gasteiger partial charge in [-0.25, -0.2) is 8.42 Å². The highest BCUT2D eigenvalue weighted by atomic mass is 32.2. The normalized spacial score (nSPS) is 28.6. The van der Waals surface area contributed by atoms with E-state index in [0.29, 0.717) is 18.8 Å². The fraction of sp³-hybridized carbons (Fsp3) is 0.909. The molecule has 94 valence electrons. The third-order valence-electron chi connectivity index (χ3n) is 3.40. The molecule has 3 atom stereocenters. The summed E-state index contributed by atoms with van der Waals surface area (Å²) in [6.07, 6.45) is 3.34. The Morgan fingerprint density at radius 2 is 2.06 bits per heavy atom. The van der Waals surface area contributed by atoms with Crippen molar-refractivity contribution < 1.29 is 18.3 Å². The third-order valence-corrected chi connectivity index (χ3v) is 6.08. The predicted molar refractivity (Wildman–Crippen MR) is 62.1 cm³/mol. The Morgan fingerprint density at radius 1 is 1.44 bits per heavy atom. The molecular weight excluding hydrogens is 228 g/mol. The molecule has 0 saturated heterocycles. The van der Waals surface area contributed by atoms with Gasteiger partial charge in [0.25, 0.3) is 0 Å². The van der Waals surface area contributed by atoms with Gasteiger partial charge in [-0.3, -0.25) is 4.79 Å². The molecule has 0 radical (unpaired) electrons. The van der Waals surface area contributed by atoms with Gasteiger partial charge in [-0.15, -0.1) is 0 Å². The summed E-state index contributed by atoms with van der Waals surface area (Å²) in [4.78, 5) is 10.9. The molecule has 1 aliphatic carbocycles. The van der Waals surface area contributed by atoms with Crippen LogP contribution in [0.1, 0.15) is 46.0 Å². The lowest BCUT2D eigenvalue weighted by Gasteiger charge is -2.28. The van der Waals surface area contributed by atoms with Crippen molar-refractivity contribution in [1.29, 1.82) is 0 Å². The quantitative estimate of drug-likeness (QED) is 0.824. The average Bonchev–Trinajstić information content (AvgIpc) is 2.17. The van der Waals surface area contributed by atoms with Gasteiger partial charge in [-0.05, 0) is 25.2 Å². The van der Waals surface area contributed by atoms with Crippen LogP contribution >= 0.6 is 0 Å². The molecule has 0 aromatic carbocycles. The van der Waals surface area contributed by atoms with E-state index in [1.807, 2.05) is 6.92 Å². The molecule has 0 aliphatic heterocycles. The maximum atomic E-state index is 12.1. The van der Waals surface area contributed by atoms with Gasteiger partial charge < -0.3 is 5.11 Å². The fourth-order valence-electron chi connectivity index (χ4n) is 2.46. The summed E-state index contributed by atoms with van der Waals surface area (Å²) < 4.78 is 24.2. The second kappa shape index (κ2) is 5.17. The predicted octanol–water partition coefficient (Wildman–Crippen LogP) is 1.84. The van der Waals surface area contributed by atoms with E-state index in [1.165, 1.54) is 0 Å². The van der Waals surface area contributed by atoms with Crippen molar-refractivity contribution in [2.75, 3.05) is 0 Å². The zero-order chi connectivity index (χ0) is 12.3. The molecule has 0 spiro atoms. The van der Waals surface area contributed by atoms with Crippen molar-refractivity contribution in [3.8, 4) is 0 Å². The van der Waals surface area contributed by atoms with Crippen LogP contribution in [0.5, 0.6) is 0 Å². The smallest absolute Gasteiger partial charge is 0.321 e. The van der Waals surface area contributed by atoms with E-state index in [-0.39, 0.29) is 6.42 Å². The molecule has 4 nitrogen and oxygen atoms in total. The van der Waals surface area contributed by atoms with Gasteiger partial charge in [0.2, 0.25) is 0 Å². The van der Waals surface area contributed by atoms with Crippen molar-refractivity contribution in [3.63, 3.8) is 0 Å². The Kier molecular flexibility index (Phi) is 4.35. The first-order valence-electron chi connectivity index (χ1n) is 5.85. The first-order valence-corrected chi connectivity index (χ1v) is 7.46. The lowest BCUT2D eigenvalue weighted by atomic mass is 9.91. The highest BCUT2D eigenvalue weighted by Gasteiger charge is 2.39. The van der Waals surface area contributed by atoms with Crippen molar-refractivity contribution in [2.24, 2.45) is 5.92 Å². The van der Waals surface area contributed by atoms with Gasteiger partial charge in [0.1, 0.15) is 0 Å². The minimum absolute atomic E-state index is 0.155. The molecule has 16 heavy (non-hydrogen) atoms. The highest BCUT2D eigenvalue weighted by molar-refractivity contribution is 7.93. The van der Waals surface area contributed by atoms with Crippen LogP contribution in [-0.2, 0) is 14.6 Å². The topological polar surface area (TPSA) is 71.4 Å². The second-order valence-electron chi connectivity index (χ2n) is 4.72. The van der Waals surface area contributed by atoms with Gasteiger partial charge in [0.05, 0.1) is 5.25 Å². The molecule has 0 heterocycles. The Bertz CT molecular complexity index is 347. The lowest BCUT2D eigenvalue weighted by Crippen LogP contribution is -2.39. The summed E-state index contributed by atoms with van der Waals surface area (Å²) in [5.74, 6) is -0.819. The minimum atomic E-state index is -3.51. The van der Waals surface area contributed by atoms with Crippen molar-refractivity contribution >= 4 is 15.8 Å². The number of carboxylic acid groups (broad SMARTS) is 1. The molecule has 0 bridgehead atoms. The number of rotatable bonds is 4.